The summed E-state index contributed by atoms with van der Waals surface area (Å²) in [6.07, 6.45) is -3.95. The molecule has 3 N–H and O–H groups in total. The molecular weight excluding hydrogens is 171 g/mol. The van der Waals surface area contributed by atoms with E-state index in [4.69, 9.17) is 5.73 Å². The van der Waals surface area contributed by atoms with Gasteiger partial charge < -0.3 is 10.7 Å². The van der Waals surface area contributed by atoms with Gasteiger partial charge in [-0.05, 0) is 0 Å². The van der Waals surface area contributed by atoms with Gasteiger partial charge in [0.05, 0.1) is 0 Å². The molecule has 0 fully saturated rings. The zero-order valence-corrected chi connectivity index (χ0v) is 6.15. The largest absolute Gasteiger partial charge is 0.396 e. The molecule has 0 aliphatic heterocycles. The maximum Gasteiger partial charge on any atom is 0.396 e. The third-order valence-corrected chi connectivity index (χ3v) is 1.27. The molecule has 0 unspecified atom stereocenters. The monoisotopic (exact) mass is 179 g/mol. The maximum atomic E-state index is 11.8. The average molecular weight is 179 g/mol. The molecule has 0 aliphatic carbocycles. The van der Waals surface area contributed by atoms with Crippen LogP contribution in [0.2, 0.25) is 0 Å². The smallest absolute Gasteiger partial charge is 0.345 e. The number of nitrogens with one attached hydrogen (secondary N) is 1. The van der Waals surface area contributed by atoms with E-state index in [1.54, 1.807) is 0 Å². The first-order chi connectivity index (χ1) is 5.51. The standard InChI is InChI=1S/C6H8F3N3/c7-6(8,9)1-5-11-3-4(2-10)12-5/h3H,1-2,10H2,(H,11,12). The fourth-order valence-electron chi connectivity index (χ4n) is 0.789. The highest BCUT2D eigenvalue weighted by Gasteiger charge is 2.29. The Bertz CT molecular complexity index is 253. The molecule has 1 aromatic heterocycles. The van der Waals surface area contributed by atoms with E-state index in [9.17, 15) is 13.2 Å². The van der Waals surface area contributed by atoms with Crippen LogP contribution in [-0.4, -0.2) is 16.1 Å². The Morgan fingerprint density at radius 2 is 2.17 bits per heavy atom. The van der Waals surface area contributed by atoms with Crippen molar-refractivity contribution < 1.29 is 13.2 Å². The quantitative estimate of drug-likeness (QED) is 0.710. The molecule has 6 heteroatoms. The minimum absolute atomic E-state index is 0.0945. The van der Waals surface area contributed by atoms with Gasteiger partial charge in [-0.15, -0.1) is 0 Å². The van der Waals surface area contributed by atoms with Gasteiger partial charge in [0.2, 0.25) is 0 Å². The van der Waals surface area contributed by atoms with Crippen LogP contribution >= 0.6 is 0 Å². The number of aromatic nitrogens is 2. The molecule has 0 saturated carbocycles. The van der Waals surface area contributed by atoms with Crippen LogP contribution in [0.1, 0.15) is 11.5 Å². The molecule has 0 spiro atoms. The summed E-state index contributed by atoms with van der Waals surface area (Å²) >= 11 is 0. The first-order valence-corrected chi connectivity index (χ1v) is 3.31. The van der Waals surface area contributed by atoms with Crippen LogP contribution < -0.4 is 5.73 Å². The Morgan fingerprint density at radius 1 is 1.50 bits per heavy atom. The van der Waals surface area contributed by atoms with Crippen molar-refractivity contribution in [1.29, 1.82) is 0 Å². The number of alkyl halides is 3. The third-order valence-electron chi connectivity index (χ3n) is 1.27. The lowest BCUT2D eigenvalue weighted by molar-refractivity contribution is -0.128. The van der Waals surface area contributed by atoms with E-state index < -0.39 is 12.6 Å². The Balaban J connectivity index is 2.64. The molecular formula is C6H8F3N3. The van der Waals surface area contributed by atoms with Gasteiger partial charge in [0.25, 0.3) is 0 Å². The molecule has 0 aromatic carbocycles. The van der Waals surface area contributed by atoms with Crippen LogP contribution in [0.25, 0.3) is 0 Å². The van der Waals surface area contributed by atoms with Crippen LogP contribution in [0.15, 0.2) is 6.20 Å². The first-order valence-electron chi connectivity index (χ1n) is 3.31. The number of H-pyrrole nitrogens is 1. The second-order valence-electron chi connectivity index (χ2n) is 2.35. The van der Waals surface area contributed by atoms with Gasteiger partial charge in [-0.3, -0.25) is 0 Å². The predicted octanol–water partition coefficient (Wildman–Crippen LogP) is 0.973. The lowest BCUT2D eigenvalue weighted by Crippen LogP contribution is -2.12. The summed E-state index contributed by atoms with van der Waals surface area (Å²) in [5.74, 6) is -0.0945. The van der Waals surface area contributed by atoms with Gasteiger partial charge in [-0.25, -0.2) is 4.98 Å². The highest BCUT2D eigenvalue weighted by Crippen LogP contribution is 2.19. The van der Waals surface area contributed by atoms with E-state index in [0.717, 1.165) is 0 Å². The summed E-state index contributed by atoms with van der Waals surface area (Å²) < 4.78 is 35.3. The van der Waals surface area contributed by atoms with E-state index in [2.05, 4.69) is 9.97 Å². The maximum absolute atomic E-state index is 11.8. The number of hydrogen-bond acceptors (Lipinski definition) is 2. The Labute approximate surface area is 66.8 Å². The number of nitrogens with two attached hydrogens (primary N) is 1. The lowest BCUT2D eigenvalue weighted by Gasteiger charge is -2.01. The molecule has 0 amide bonds. The zero-order chi connectivity index (χ0) is 9.19. The van der Waals surface area contributed by atoms with E-state index in [0.29, 0.717) is 5.69 Å². The third kappa shape index (κ3) is 2.54. The van der Waals surface area contributed by atoms with Gasteiger partial charge in [-0.2, -0.15) is 13.2 Å². The highest BCUT2D eigenvalue weighted by molar-refractivity contribution is 5.01. The Kier molecular flexibility index (Phi) is 2.37. The predicted molar refractivity (Wildman–Crippen MR) is 36.2 cm³/mol. The van der Waals surface area contributed by atoms with Crippen molar-refractivity contribution in [1.82, 2.24) is 9.97 Å². The van der Waals surface area contributed by atoms with Crippen molar-refractivity contribution in [3.8, 4) is 0 Å². The van der Waals surface area contributed by atoms with Crippen LogP contribution in [-0.2, 0) is 13.0 Å². The molecule has 0 bridgehead atoms. The van der Waals surface area contributed by atoms with Crippen molar-refractivity contribution >= 4 is 0 Å². The first kappa shape index (κ1) is 9.05. The summed E-state index contributed by atoms with van der Waals surface area (Å²) in [5, 5.41) is 0. The Hall–Kier alpha value is -1.04. The lowest BCUT2D eigenvalue weighted by atomic mass is 10.4. The van der Waals surface area contributed by atoms with E-state index in [1.807, 2.05) is 0 Å². The summed E-state index contributed by atoms with van der Waals surface area (Å²) in [4.78, 5) is 5.98. The highest BCUT2D eigenvalue weighted by atomic mass is 19.4. The van der Waals surface area contributed by atoms with Crippen molar-refractivity contribution in [3.05, 3.63) is 17.7 Å². The SMILES string of the molecule is NCc1cnc(CC(F)(F)F)[nH]1. The molecule has 0 saturated heterocycles. The number of imidazole rings is 1. The van der Waals surface area contributed by atoms with Crippen molar-refractivity contribution in [3.63, 3.8) is 0 Å². The molecule has 1 heterocycles. The van der Waals surface area contributed by atoms with E-state index >= 15 is 0 Å². The fraction of sp³-hybridized carbons (Fsp3) is 0.500. The van der Waals surface area contributed by atoms with E-state index in [-0.39, 0.29) is 12.4 Å². The summed E-state index contributed by atoms with van der Waals surface area (Å²) in [6.45, 7) is 0.171. The summed E-state index contributed by atoms with van der Waals surface area (Å²) in [6, 6.07) is 0. The number of hydrogen-bond donors (Lipinski definition) is 2. The Morgan fingerprint density at radius 3 is 2.58 bits per heavy atom. The van der Waals surface area contributed by atoms with Gasteiger partial charge in [-0.1, -0.05) is 0 Å². The van der Waals surface area contributed by atoms with Gasteiger partial charge in [0.1, 0.15) is 12.2 Å². The minimum atomic E-state index is -4.22. The van der Waals surface area contributed by atoms with Gasteiger partial charge in [0.15, 0.2) is 0 Å². The van der Waals surface area contributed by atoms with E-state index in [1.165, 1.54) is 6.20 Å². The van der Waals surface area contributed by atoms with Gasteiger partial charge >= 0.3 is 6.18 Å². The molecule has 68 valence electrons. The second-order valence-corrected chi connectivity index (χ2v) is 2.35. The average Bonchev–Trinajstić information content (AvgIpc) is 2.32. The summed E-state index contributed by atoms with van der Waals surface area (Å²) in [5.41, 5.74) is 5.68. The zero-order valence-electron chi connectivity index (χ0n) is 6.15. The van der Waals surface area contributed by atoms with Crippen molar-refractivity contribution in [2.45, 2.75) is 19.1 Å². The van der Waals surface area contributed by atoms with Crippen molar-refractivity contribution in [2.75, 3.05) is 0 Å². The number of rotatable bonds is 2. The molecule has 0 radical (unpaired) electrons. The van der Waals surface area contributed by atoms with Crippen LogP contribution in [0, 0.1) is 0 Å². The number of halogens is 3. The van der Waals surface area contributed by atoms with Gasteiger partial charge in [0, 0.05) is 18.4 Å². The molecule has 0 atom stereocenters. The number of nitrogens with zero attached hydrogens (tertiary/aromatic N) is 1. The van der Waals surface area contributed by atoms with Crippen LogP contribution in [0.5, 0.6) is 0 Å². The second kappa shape index (κ2) is 3.14. The molecule has 1 rings (SSSR count). The molecule has 1 aromatic rings. The molecule has 0 aliphatic rings. The molecule has 3 nitrogen and oxygen atoms in total. The molecule has 12 heavy (non-hydrogen) atoms. The fourth-order valence-corrected chi connectivity index (χ4v) is 0.789. The topological polar surface area (TPSA) is 54.7 Å². The minimum Gasteiger partial charge on any atom is -0.345 e. The normalized spacial score (nSPS) is 12.0. The van der Waals surface area contributed by atoms with Crippen LogP contribution in [0.3, 0.4) is 0 Å². The number of aromatic amines is 1. The summed E-state index contributed by atoms with van der Waals surface area (Å²) in [7, 11) is 0. The van der Waals surface area contributed by atoms with Crippen LogP contribution in [0.4, 0.5) is 13.2 Å². The van der Waals surface area contributed by atoms with Crippen molar-refractivity contribution in [2.24, 2.45) is 5.73 Å².